The Morgan fingerprint density at radius 3 is 2.56 bits per heavy atom. The van der Waals surface area contributed by atoms with Crippen molar-refractivity contribution in [3.63, 3.8) is 0 Å². The molecule has 1 aliphatic carbocycles. The fraction of sp³-hybridized carbons (Fsp3) is 0.818. The molecule has 3 atom stereocenters. The van der Waals surface area contributed by atoms with Gasteiger partial charge in [-0.2, -0.15) is 0 Å². The molecule has 0 radical (unpaired) electrons. The van der Waals surface area contributed by atoms with Crippen LogP contribution < -0.4 is 10.6 Å². The van der Waals surface area contributed by atoms with E-state index in [1.807, 2.05) is 6.92 Å². The predicted molar refractivity (Wildman–Crippen MR) is 59.6 cm³/mol. The number of carbonyl (C=O) groups excluding carboxylic acids is 2. The average molecular weight is 228 g/mol. The maximum absolute atomic E-state index is 11.4. The minimum atomic E-state index is -0.536. The van der Waals surface area contributed by atoms with Gasteiger partial charge in [-0.3, -0.25) is 9.59 Å². The van der Waals surface area contributed by atoms with Gasteiger partial charge in [-0.05, 0) is 19.3 Å². The molecular formula is C11H20N2O3. The van der Waals surface area contributed by atoms with Gasteiger partial charge in [-0.15, -0.1) is 0 Å². The molecular weight excluding hydrogens is 208 g/mol. The molecule has 1 rings (SSSR count). The number of hydrogen-bond donors (Lipinski definition) is 3. The Balaban J connectivity index is 2.02. The first kappa shape index (κ1) is 13.0. The molecule has 0 saturated heterocycles. The van der Waals surface area contributed by atoms with Gasteiger partial charge in [0, 0.05) is 25.4 Å². The minimum absolute atomic E-state index is 0.0517. The number of hydrogen-bond acceptors (Lipinski definition) is 3. The fourth-order valence-electron chi connectivity index (χ4n) is 1.47. The molecule has 0 aromatic carbocycles. The Morgan fingerprint density at radius 1 is 1.44 bits per heavy atom. The van der Waals surface area contributed by atoms with E-state index in [1.165, 1.54) is 0 Å². The van der Waals surface area contributed by atoms with Gasteiger partial charge in [0.25, 0.3) is 0 Å². The van der Waals surface area contributed by atoms with Gasteiger partial charge in [-0.25, -0.2) is 0 Å². The average Bonchev–Trinajstić information content (AvgIpc) is 2.92. The Bertz CT molecular complexity index is 266. The van der Waals surface area contributed by atoms with Crippen LogP contribution in [0.4, 0.5) is 0 Å². The van der Waals surface area contributed by atoms with Crippen molar-refractivity contribution < 1.29 is 14.7 Å². The van der Waals surface area contributed by atoms with E-state index < -0.39 is 6.10 Å². The van der Waals surface area contributed by atoms with Crippen LogP contribution in [0.1, 0.15) is 26.7 Å². The highest BCUT2D eigenvalue weighted by Crippen LogP contribution is 2.37. The second-order valence-corrected chi connectivity index (χ2v) is 4.51. The molecule has 1 aliphatic rings. The summed E-state index contributed by atoms with van der Waals surface area (Å²) in [6.45, 7) is 4.27. The molecule has 5 heteroatoms. The zero-order valence-corrected chi connectivity index (χ0v) is 9.82. The van der Waals surface area contributed by atoms with E-state index >= 15 is 0 Å². The Morgan fingerprint density at radius 2 is 2.06 bits per heavy atom. The molecule has 3 N–H and O–H groups in total. The monoisotopic (exact) mass is 228 g/mol. The molecule has 0 aromatic heterocycles. The van der Waals surface area contributed by atoms with Gasteiger partial charge in [0.2, 0.25) is 11.8 Å². The Kier molecular flexibility index (Phi) is 4.73. The van der Waals surface area contributed by atoms with Crippen LogP contribution in [0.5, 0.6) is 0 Å². The molecule has 1 fully saturated rings. The van der Waals surface area contributed by atoms with E-state index in [-0.39, 0.29) is 30.7 Å². The second kappa shape index (κ2) is 5.84. The minimum Gasteiger partial charge on any atom is -0.392 e. The standard InChI is InChI=1S/C11H20N2O3/c1-7-5-9(7)11(16)12-4-3-10(15)13-6-8(2)14/h7-9,14H,3-6H2,1-2H3,(H,12,16)(H,13,15)/t7?,8-,9?/m1/s1. The van der Waals surface area contributed by atoms with Crippen LogP contribution in [-0.4, -0.2) is 36.1 Å². The van der Waals surface area contributed by atoms with Crippen LogP contribution in [-0.2, 0) is 9.59 Å². The normalized spacial score (nSPS) is 24.7. The summed E-state index contributed by atoms with van der Waals surface area (Å²) in [5.41, 5.74) is 0. The van der Waals surface area contributed by atoms with Gasteiger partial charge < -0.3 is 15.7 Å². The zero-order valence-electron chi connectivity index (χ0n) is 9.82. The molecule has 0 heterocycles. The summed E-state index contributed by atoms with van der Waals surface area (Å²) in [6, 6.07) is 0. The molecule has 2 unspecified atom stereocenters. The fourth-order valence-corrected chi connectivity index (χ4v) is 1.47. The van der Waals surface area contributed by atoms with Gasteiger partial charge in [0.05, 0.1) is 6.10 Å². The lowest BCUT2D eigenvalue weighted by atomic mass is 10.3. The molecule has 0 aromatic rings. The number of rotatable bonds is 6. The summed E-state index contributed by atoms with van der Waals surface area (Å²) in [7, 11) is 0. The van der Waals surface area contributed by atoms with Crippen molar-refractivity contribution in [3.05, 3.63) is 0 Å². The van der Waals surface area contributed by atoms with Crippen LogP contribution in [0.25, 0.3) is 0 Å². The summed E-state index contributed by atoms with van der Waals surface area (Å²) < 4.78 is 0. The van der Waals surface area contributed by atoms with Gasteiger partial charge in [0.15, 0.2) is 0 Å². The predicted octanol–water partition coefficient (Wildman–Crippen LogP) is -0.354. The molecule has 5 nitrogen and oxygen atoms in total. The zero-order chi connectivity index (χ0) is 12.1. The molecule has 16 heavy (non-hydrogen) atoms. The summed E-state index contributed by atoms with van der Waals surface area (Å²) >= 11 is 0. The van der Waals surface area contributed by atoms with Crippen molar-refractivity contribution in [2.45, 2.75) is 32.8 Å². The van der Waals surface area contributed by atoms with Crippen molar-refractivity contribution in [2.75, 3.05) is 13.1 Å². The smallest absolute Gasteiger partial charge is 0.223 e. The second-order valence-electron chi connectivity index (χ2n) is 4.51. The highest BCUT2D eigenvalue weighted by atomic mass is 16.3. The van der Waals surface area contributed by atoms with Crippen LogP contribution in [0.2, 0.25) is 0 Å². The van der Waals surface area contributed by atoms with Gasteiger partial charge in [0.1, 0.15) is 0 Å². The number of carbonyl (C=O) groups is 2. The van der Waals surface area contributed by atoms with E-state index in [0.717, 1.165) is 6.42 Å². The van der Waals surface area contributed by atoms with Gasteiger partial charge >= 0.3 is 0 Å². The van der Waals surface area contributed by atoms with E-state index in [9.17, 15) is 9.59 Å². The Hall–Kier alpha value is -1.10. The van der Waals surface area contributed by atoms with Crippen molar-refractivity contribution >= 4 is 11.8 Å². The number of aliphatic hydroxyl groups excluding tert-OH is 1. The van der Waals surface area contributed by atoms with E-state index in [1.54, 1.807) is 6.92 Å². The lowest BCUT2D eigenvalue weighted by molar-refractivity contribution is -0.123. The first-order valence-corrected chi connectivity index (χ1v) is 5.73. The summed E-state index contributed by atoms with van der Waals surface area (Å²) in [6.07, 6.45) is 0.686. The van der Waals surface area contributed by atoms with Crippen LogP contribution in [0.3, 0.4) is 0 Å². The summed E-state index contributed by atoms with van der Waals surface area (Å²) in [5.74, 6) is 0.547. The third-order valence-electron chi connectivity index (χ3n) is 2.69. The van der Waals surface area contributed by atoms with Gasteiger partial charge in [-0.1, -0.05) is 6.92 Å². The number of nitrogens with one attached hydrogen (secondary N) is 2. The molecule has 0 bridgehead atoms. The number of amides is 2. The van der Waals surface area contributed by atoms with Crippen LogP contribution >= 0.6 is 0 Å². The quantitative estimate of drug-likeness (QED) is 0.581. The molecule has 1 saturated carbocycles. The third-order valence-corrected chi connectivity index (χ3v) is 2.69. The van der Waals surface area contributed by atoms with E-state index in [2.05, 4.69) is 10.6 Å². The highest BCUT2D eigenvalue weighted by Gasteiger charge is 2.38. The van der Waals surface area contributed by atoms with Crippen LogP contribution in [0, 0.1) is 11.8 Å². The van der Waals surface area contributed by atoms with Crippen molar-refractivity contribution in [3.8, 4) is 0 Å². The highest BCUT2D eigenvalue weighted by molar-refractivity contribution is 5.82. The SMILES string of the molecule is CC1CC1C(=O)NCCC(=O)NC[C@@H](C)O. The molecule has 0 spiro atoms. The maximum Gasteiger partial charge on any atom is 0.223 e. The maximum atomic E-state index is 11.4. The van der Waals surface area contributed by atoms with Crippen molar-refractivity contribution in [2.24, 2.45) is 11.8 Å². The van der Waals surface area contributed by atoms with E-state index in [0.29, 0.717) is 12.5 Å². The summed E-state index contributed by atoms with van der Waals surface area (Å²) in [4.78, 5) is 22.6. The van der Waals surface area contributed by atoms with Crippen LogP contribution in [0.15, 0.2) is 0 Å². The summed E-state index contributed by atoms with van der Waals surface area (Å²) in [5, 5.41) is 14.2. The first-order valence-electron chi connectivity index (χ1n) is 5.73. The number of aliphatic hydroxyl groups is 1. The first-order chi connectivity index (χ1) is 7.50. The Labute approximate surface area is 95.6 Å². The lowest BCUT2D eigenvalue weighted by Gasteiger charge is -2.07. The molecule has 2 amide bonds. The lowest BCUT2D eigenvalue weighted by Crippen LogP contribution is -2.34. The van der Waals surface area contributed by atoms with Crippen molar-refractivity contribution in [1.82, 2.24) is 10.6 Å². The topological polar surface area (TPSA) is 78.4 Å². The third kappa shape index (κ3) is 4.61. The molecule has 0 aliphatic heterocycles. The van der Waals surface area contributed by atoms with Crippen molar-refractivity contribution in [1.29, 1.82) is 0 Å². The molecule has 92 valence electrons. The van der Waals surface area contributed by atoms with E-state index in [4.69, 9.17) is 5.11 Å². The largest absolute Gasteiger partial charge is 0.392 e.